The van der Waals surface area contributed by atoms with Crippen LogP contribution in [0.5, 0.6) is 0 Å². The van der Waals surface area contributed by atoms with Gasteiger partial charge in [-0.2, -0.15) is 0 Å². The van der Waals surface area contributed by atoms with Crippen molar-refractivity contribution in [3.05, 3.63) is 34.9 Å². The monoisotopic (exact) mass is 466 g/mol. The number of halogens is 3. The molecule has 2 N–H and O–H groups in total. The minimum Gasteiger partial charge on any atom is -0.338 e. The second kappa shape index (κ2) is 17.0. The van der Waals surface area contributed by atoms with Crippen LogP contribution in [-0.4, -0.2) is 61.6 Å². The molecule has 0 aromatic heterocycles. The molecule has 0 atom stereocenters. The van der Waals surface area contributed by atoms with E-state index in [4.69, 9.17) is 11.6 Å². The zero-order valence-electron chi connectivity index (χ0n) is 17.5. The van der Waals surface area contributed by atoms with Gasteiger partial charge in [-0.25, -0.2) is 4.79 Å². The van der Waals surface area contributed by atoms with E-state index < -0.39 is 0 Å². The molecule has 2 rings (SSSR count). The van der Waals surface area contributed by atoms with Crippen LogP contribution in [0.2, 0.25) is 5.02 Å². The maximum absolute atomic E-state index is 11.7. The van der Waals surface area contributed by atoms with Gasteiger partial charge in [0.15, 0.2) is 0 Å². The van der Waals surface area contributed by atoms with Crippen molar-refractivity contribution in [1.82, 2.24) is 20.4 Å². The van der Waals surface area contributed by atoms with E-state index in [-0.39, 0.29) is 30.8 Å². The van der Waals surface area contributed by atoms with Crippen LogP contribution in [0.4, 0.5) is 4.79 Å². The second-order valence-electron chi connectivity index (χ2n) is 7.34. The van der Waals surface area contributed by atoms with E-state index in [9.17, 15) is 4.79 Å². The molecule has 0 unspecified atom stereocenters. The van der Waals surface area contributed by atoms with E-state index >= 15 is 0 Å². The molecule has 1 aliphatic rings. The van der Waals surface area contributed by atoms with Crippen molar-refractivity contribution in [2.24, 2.45) is 0 Å². The number of rotatable bonds is 11. The molecule has 1 aromatic rings. The second-order valence-corrected chi connectivity index (χ2v) is 7.78. The highest BCUT2D eigenvalue weighted by atomic mass is 35.5. The predicted molar refractivity (Wildman–Crippen MR) is 128 cm³/mol. The Hall–Kier alpha value is -0.720. The van der Waals surface area contributed by atoms with Crippen molar-refractivity contribution in [2.75, 3.05) is 45.8 Å². The number of piperazine rings is 1. The van der Waals surface area contributed by atoms with Gasteiger partial charge in [0.1, 0.15) is 0 Å². The summed E-state index contributed by atoms with van der Waals surface area (Å²) in [5.74, 6) is 0. The standard InChI is InChI=1S/C21H35ClN4O.2ClH/c1-2-3-4-5-11-23-21(27)24-12-6-13-25-14-16-26(17-15-25)18-19-7-9-20(22)10-8-19;;/h7-10H,2-6,11-18H2,1H3,(H2,23,24,27);2*1H. The lowest BCUT2D eigenvalue weighted by atomic mass is 10.2. The smallest absolute Gasteiger partial charge is 0.314 e. The Kier molecular flexibility index (Phi) is 16.6. The van der Waals surface area contributed by atoms with Crippen LogP contribution in [0.15, 0.2) is 24.3 Å². The molecule has 1 heterocycles. The van der Waals surface area contributed by atoms with Gasteiger partial charge in [0.05, 0.1) is 0 Å². The van der Waals surface area contributed by atoms with Crippen molar-refractivity contribution < 1.29 is 4.79 Å². The maximum atomic E-state index is 11.7. The first-order valence-corrected chi connectivity index (χ1v) is 10.8. The number of hydrogen-bond donors (Lipinski definition) is 2. The summed E-state index contributed by atoms with van der Waals surface area (Å²) >= 11 is 5.95. The number of unbranched alkanes of at least 4 members (excludes halogenated alkanes) is 3. The van der Waals surface area contributed by atoms with Gasteiger partial charge in [-0.3, -0.25) is 4.90 Å². The van der Waals surface area contributed by atoms with Gasteiger partial charge in [0.25, 0.3) is 0 Å². The number of benzene rings is 1. The highest BCUT2D eigenvalue weighted by Gasteiger charge is 2.16. The lowest BCUT2D eigenvalue weighted by Crippen LogP contribution is -2.46. The highest BCUT2D eigenvalue weighted by Crippen LogP contribution is 2.13. The van der Waals surface area contributed by atoms with Crippen LogP contribution in [0.3, 0.4) is 0 Å². The molecular weight excluding hydrogens is 431 g/mol. The first kappa shape index (κ1) is 28.3. The van der Waals surface area contributed by atoms with Gasteiger partial charge in [0.2, 0.25) is 0 Å². The summed E-state index contributed by atoms with van der Waals surface area (Å²) < 4.78 is 0. The Morgan fingerprint density at radius 1 is 0.897 bits per heavy atom. The summed E-state index contributed by atoms with van der Waals surface area (Å²) in [6, 6.07) is 8.10. The number of urea groups is 1. The molecule has 0 aliphatic carbocycles. The molecule has 0 saturated carbocycles. The number of nitrogens with zero attached hydrogens (tertiary/aromatic N) is 2. The first-order chi connectivity index (χ1) is 13.2. The molecule has 0 spiro atoms. The molecule has 0 radical (unpaired) electrons. The van der Waals surface area contributed by atoms with E-state index in [1.807, 2.05) is 12.1 Å². The van der Waals surface area contributed by atoms with Crippen molar-refractivity contribution in [2.45, 2.75) is 45.6 Å². The van der Waals surface area contributed by atoms with Crippen LogP contribution in [-0.2, 0) is 6.54 Å². The SMILES string of the molecule is CCCCCCNC(=O)NCCCN1CCN(Cc2ccc(Cl)cc2)CC1.Cl.Cl. The van der Waals surface area contributed by atoms with E-state index in [1.165, 1.54) is 24.8 Å². The Balaban J connectivity index is 0.00000392. The van der Waals surface area contributed by atoms with Crippen LogP contribution in [0.1, 0.15) is 44.6 Å². The lowest BCUT2D eigenvalue weighted by Gasteiger charge is -2.34. The van der Waals surface area contributed by atoms with Crippen molar-refractivity contribution in [1.29, 1.82) is 0 Å². The molecule has 0 bridgehead atoms. The van der Waals surface area contributed by atoms with E-state index in [0.29, 0.717) is 0 Å². The van der Waals surface area contributed by atoms with Gasteiger partial charge < -0.3 is 15.5 Å². The summed E-state index contributed by atoms with van der Waals surface area (Å²) in [5.41, 5.74) is 1.32. The molecule has 29 heavy (non-hydrogen) atoms. The van der Waals surface area contributed by atoms with Crippen molar-refractivity contribution >= 4 is 42.4 Å². The molecule has 1 saturated heterocycles. The molecule has 168 valence electrons. The number of carbonyl (C=O) groups is 1. The fourth-order valence-corrected chi connectivity index (χ4v) is 3.47. The molecule has 8 heteroatoms. The van der Waals surface area contributed by atoms with Gasteiger partial charge >= 0.3 is 6.03 Å². The Morgan fingerprint density at radius 3 is 2.10 bits per heavy atom. The average molecular weight is 468 g/mol. The minimum atomic E-state index is -0.0284. The van der Waals surface area contributed by atoms with E-state index in [2.05, 4.69) is 39.5 Å². The third-order valence-corrected chi connectivity index (χ3v) is 5.29. The zero-order valence-corrected chi connectivity index (χ0v) is 19.9. The van der Waals surface area contributed by atoms with Gasteiger partial charge in [-0.05, 0) is 37.1 Å². The number of nitrogens with one attached hydrogen (secondary N) is 2. The summed E-state index contributed by atoms with van der Waals surface area (Å²) in [6.45, 7) is 10.1. The summed E-state index contributed by atoms with van der Waals surface area (Å²) in [5, 5.41) is 6.69. The molecular formula is C21H37Cl3N4O. The number of amides is 2. The fourth-order valence-electron chi connectivity index (χ4n) is 3.34. The van der Waals surface area contributed by atoms with Crippen molar-refractivity contribution in [3.63, 3.8) is 0 Å². The predicted octanol–water partition coefficient (Wildman–Crippen LogP) is 4.57. The Labute approximate surface area is 193 Å². The number of carbonyl (C=O) groups excluding carboxylic acids is 1. The average Bonchev–Trinajstić information content (AvgIpc) is 2.68. The van der Waals surface area contributed by atoms with Gasteiger partial charge in [0, 0.05) is 50.8 Å². The lowest BCUT2D eigenvalue weighted by molar-refractivity contribution is 0.126. The summed E-state index contributed by atoms with van der Waals surface area (Å²) in [4.78, 5) is 16.7. The largest absolute Gasteiger partial charge is 0.338 e. The fraction of sp³-hybridized carbons (Fsp3) is 0.667. The Morgan fingerprint density at radius 2 is 1.48 bits per heavy atom. The maximum Gasteiger partial charge on any atom is 0.314 e. The third kappa shape index (κ3) is 12.5. The first-order valence-electron chi connectivity index (χ1n) is 10.4. The van der Waals surface area contributed by atoms with Crippen LogP contribution >= 0.6 is 36.4 Å². The molecule has 5 nitrogen and oxygen atoms in total. The Bertz CT molecular complexity index is 537. The quantitative estimate of drug-likeness (QED) is 0.469. The van der Waals surface area contributed by atoms with Crippen molar-refractivity contribution in [3.8, 4) is 0 Å². The molecule has 2 amide bonds. The normalized spacial score (nSPS) is 14.6. The van der Waals surface area contributed by atoms with Gasteiger partial charge in [-0.15, -0.1) is 24.8 Å². The zero-order chi connectivity index (χ0) is 19.3. The topological polar surface area (TPSA) is 47.6 Å². The van der Waals surface area contributed by atoms with Crippen LogP contribution in [0, 0.1) is 0 Å². The van der Waals surface area contributed by atoms with E-state index in [0.717, 1.165) is 70.2 Å². The summed E-state index contributed by atoms with van der Waals surface area (Å²) in [6.07, 6.45) is 5.74. The summed E-state index contributed by atoms with van der Waals surface area (Å²) in [7, 11) is 0. The molecule has 1 fully saturated rings. The van der Waals surface area contributed by atoms with Gasteiger partial charge in [-0.1, -0.05) is 49.9 Å². The van der Waals surface area contributed by atoms with E-state index in [1.54, 1.807) is 0 Å². The third-order valence-electron chi connectivity index (χ3n) is 5.04. The molecule has 1 aromatic carbocycles. The minimum absolute atomic E-state index is 0. The number of hydrogen-bond acceptors (Lipinski definition) is 3. The van der Waals surface area contributed by atoms with Crippen LogP contribution in [0.25, 0.3) is 0 Å². The van der Waals surface area contributed by atoms with Crippen LogP contribution < -0.4 is 10.6 Å². The highest BCUT2D eigenvalue weighted by molar-refractivity contribution is 6.30. The molecule has 1 aliphatic heterocycles.